The minimum Gasteiger partial charge on any atom is -0.303 e. The van der Waals surface area contributed by atoms with Gasteiger partial charge in [-0.25, -0.2) is 4.90 Å². The van der Waals surface area contributed by atoms with E-state index in [1.165, 1.54) is 4.90 Å². The van der Waals surface area contributed by atoms with Crippen molar-refractivity contribution in [2.45, 2.75) is 34.6 Å². The van der Waals surface area contributed by atoms with E-state index in [9.17, 15) is 14.4 Å². The van der Waals surface area contributed by atoms with E-state index in [0.717, 1.165) is 17.4 Å². The number of para-hydroxylation sites is 1. The summed E-state index contributed by atoms with van der Waals surface area (Å²) in [7, 11) is 0. The molecule has 0 radical (unpaired) electrons. The molecule has 4 rings (SSSR count). The Bertz CT molecular complexity index is 811. The van der Waals surface area contributed by atoms with Gasteiger partial charge in [-0.15, -0.1) is 0 Å². The molecule has 1 aromatic carbocycles. The van der Waals surface area contributed by atoms with Gasteiger partial charge >= 0.3 is 0 Å². The van der Waals surface area contributed by atoms with Gasteiger partial charge in [0, 0.05) is 16.2 Å². The van der Waals surface area contributed by atoms with E-state index in [0.29, 0.717) is 5.69 Å². The van der Waals surface area contributed by atoms with Crippen LogP contribution >= 0.6 is 0 Å². The second-order valence-corrected chi connectivity index (χ2v) is 8.28. The van der Waals surface area contributed by atoms with E-state index >= 15 is 0 Å². The molecule has 2 bridgehead atoms. The summed E-state index contributed by atoms with van der Waals surface area (Å²) >= 11 is 0. The lowest BCUT2D eigenvalue weighted by molar-refractivity contribution is -0.130. The van der Waals surface area contributed by atoms with Crippen LogP contribution < -0.4 is 4.90 Å². The SMILES string of the molecule is CC1=C(C)[C@]2(C)[C@@H]3C(=O)N(c4ccccc4)C(=O)[C@@H]3[C@@]1(C)C2(C)C=O. The lowest BCUT2D eigenvalue weighted by Gasteiger charge is -2.42. The maximum Gasteiger partial charge on any atom is 0.238 e. The summed E-state index contributed by atoms with van der Waals surface area (Å²) in [5.41, 5.74) is 0.770. The minimum atomic E-state index is -0.752. The Hall–Kier alpha value is -2.23. The molecule has 5 atom stereocenters. The lowest BCUT2D eigenvalue weighted by atomic mass is 9.60. The number of hydrogen-bond donors (Lipinski definition) is 0. The third-order valence-electron chi connectivity index (χ3n) is 8.08. The first-order valence-electron chi connectivity index (χ1n) is 8.75. The predicted molar refractivity (Wildman–Crippen MR) is 94.7 cm³/mol. The van der Waals surface area contributed by atoms with Crippen LogP contribution in [0.2, 0.25) is 0 Å². The minimum absolute atomic E-state index is 0.174. The van der Waals surface area contributed by atoms with Crippen molar-refractivity contribution in [2.75, 3.05) is 4.90 Å². The highest BCUT2D eigenvalue weighted by molar-refractivity contribution is 6.24. The number of imide groups is 1. The van der Waals surface area contributed by atoms with Gasteiger partial charge in [-0.1, -0.05) is 50.1 Å². The van der Waals surface area contributed by atoms with Gasteiger partial charge in [0.15, 0.2) is 0 Å². The Morgan fingerprint density at radius 2 is 1.32 bits per heavy atom. The van der Waals surface area contributed by atoms with E-state index in [1.807, 2.05) is 52.8 Å². The van der Waals surface area contributed by atoms with Gasteiger partial charge in [0.05, 0.1) is 17.5 Å². The Kier molecular flexibility index (Phi) is 2.91. The van der Waals surface area contributed by atoms with Crippen LogP contribution in [0.5, 0.6) is 0 Å². The first-order chi connectivity index (χ1) is 11.7. The van der Waals surface area contributed by atoms with Crippen LogP contribution in [0.1, 0.15) is 34.6 Å². The fraction of sp³-hybridized carbons (Fsp3) is 0.476. The van der Waals surface area contributed by atoms with Gasteiger partial charge < -0.3 is 4.79 Å². The van der Waals surface area contributed by atoms with Crippen LogP contribution in [0.25, 0.3) is 0 Å². The number of nitrogens with zero attached hydrogens (tertiary/aromatic N) is 1. The molecule has 1 heterocycles. The monoisotopic (exact) mass is 337 g/mol. The summed E-state index contributed by atoms with van der Waals surface area (Å²) < 4.78 is 0. The van der Waals surface area contributed by atoms with E-state index in [1.54, 1.807) is 12.1 Å². The molecule has 0 spiro atoms. The maximum absolute atomic E-state index is 13.4. The van der Waals surface area contributed by atoms with Crippen LogP contribution in [-0.4, -0.2) is 18.1 Å². The highest BCUT2D eigenvalue weighted by atomic mass is 16.2. The molecule has 4 nitrogen and oxygen atoms in total. The number of anilines is 1. The van der Waals surface area contributed by atoms with Crippen LogP contribution in [0.15, 0.2) is 41.5 Å². The van der Waals surface area contributed by atoms with Gasteiger partial charge in [0.1, 0.15) is 6.29 Å². The van der Waals surface area contributed by atoms with Gasteiger partial charge in [-0.3, -0.25) is 9.59 Å². The van der Waals surface area contributed by atoms with Crippen LogP contribution in [0, 0.1) is 28.1 Å². The van der Waals surface area contributed by atoms with E-state index < -0.39 is 28.1 Å². The number of amides is 2. The highest BCUT2D eigenvalue weighted by Crippen LogP contribution is 2.79. The first-order valence-corrected chi connectivity index (χ1v) is 8.75. The molecule has 1 aliphatic heterocycles. The van der Waals surface area contributed by atoms with Crippen molar-refractivity contribution >= 4 is 23.8 Å². The maximum atomic E-state index is 13.4. The topological polar surface area (TPSA) is 54.5 Å². The number of carbonyl (C=O) groups is 3. The molecule has 1 unspecified atom stereocenters. The summed E-state index contributed by atoms with van der Waals surface area (Å²) in [6.45, 7) is 9.94. The fourth-order valence-corrected chi connectivity index (χ4v) is 6.12. The molecule has 0 aromatic heterocycles. The van der Waals surface area contributed by atoms with Gasteiger partial charge in [-0.05, 0) is 26.0 Å². The largest absolute Gasteiger partial charge is 0.303 e. The molecule has 2 aliphatic carbocycles. The van der Waals surface area contributed by atoms with Crippen LogP contribution in [-0.2, 0) is 14.4 Å². The molecule has 3 aliphatic rings. The summed E-state index contributed by atoms with van der Waals surface area (Å²) in [6, 6.07) is 9.09. The summed E-state index contributed by atoms with van der Waals surface area (Å²) in [5, 5.41) is 0. The zero-order chi connectivity index (χ0) is 18.4. The number of carbonyl (C=O) groups excluding carboxylic acids is 3. The fourth-order valence-electron chi connectivity index (χ4n) is 6.12. The summed E-state index contributed by atoms with van der Waals surface area (Å²) in [5.74, 6) is -1.31. The zero-order valence-corrected chi connectivity index (χ0v) is 15.3. The number of hydrogen-bond acceptors (Lipinski definition) is 3. The van der Waals surface area contributed by atoms with E-state index in [-0.39, 0.29) is 11.8 Å². The predicted octanol–water partition coefficient (Wildman–Crippen LogP) is 3.37. The number of benzene rings is 1. The highest BCUT2D eigenvalue weighted by Gasteiger charge is 2.81. The van der Waals surface area contributed by atoms with Crippen molar-refractivity contribution < 1.29 is 14.4 Å². The van der Waals surface area contributed by atoms with E-state index in [4.69, 9.17) is 0 Å². The normalized spacial score (nSPS) is 42.4. The molecular weight excluding hydrogens is 314 g/mol. The molecule has 1 saturated heterocycles. The second kappa shape index (κ2) is 4.48. The lowest BCUT2D eigenvalue weighted by Crippen LogP contribution is -2.47. The Labute approximate surface area is 147 Å². The summed E-state index contributed by atoms with van der Waals surface area (Å²) in [6.07, 6.45) is 0.985. The van der Waals surface area contributed by atoms with Crippen molar-refractivity contribution in [1.29, 1.82) is 0 Å². The average molecular weight is 337 g/mol. The summed E-state index contributed by atoms with van der Waals surface area (Å²) in [4.78, 5) is 40.3. The first kappa shape index (κ1) is 16.2. The smallest absolute Gasteiger partial charge is 0.238 e. The number of fused-ring (bicyclic) bond motifs is 5. The van der Waals surface area contributed by atoms with Crippen molar-refractivity contribution in [1.82, 2.24) is 0 Å². The molecule has 1 saturated carbocycles. The van der Waals surface area contributed by atoms with E-state index in [2.05, 4.69) is 0 Å². The number of rotatable bonds is 2. The van der Waals surface area contributed by atoms with Gasteiger partial charge in [0.25, 0.3) is 0 Å². The van der Waals surface area contributed by atoms with Gasteiger partial charge in [-0.2, -0.15) is 0 Å². The molecule has 25 heavy (non-hydrogen) atoms. The Morgan fingerprint density at radius 1 is 0.880 bits per heavy atom. The molecule has 0 N–H and O–H groups in total. The van der Waals surface area contributed by atoms with Crippen molar-refractivity contribution in [3.05, 3.63) is 41.5 Å². The van der Waals surface area contributed by atoms with Gasteiger partial charge in [0.2, 0.25) is 11.8 Å². The molecular formula is C21H23NO3. The molecule has 4 heteroatoms. The second-order valence-electron chi connectivity index (χ2n) is 8.28. The Morgan fingerprint density at radius 3 is 1.72 bits per heavy atom. The van der Waals surface area contributed by atoms with Crippen molar-refractivity contribution in [2.24, 2.45) is 28.1 Å². The quantitative estimate of drug-likeness (QED) is 0.472. The molecule has 130 valence electrons. The molecule has 1 aromatic rings. The molecule has 2 amide bonds. The Balaban J connectivity index is 1.96. The average Bonchev–Trinajstić information content (AvgIpc) is 3.01. The third kappa shape index (κ3) is 1.37. The zero-order valence-electron chi connectivity index (χ0n) is 15.3. The van der Waals surface area contributed by atoms with Crippen molar-refractivity contribution in [3.8, 4) is 0 Å². The third-order valence-corrected chi connectivity index (χ3v) is 8.08. The standard InChI is InChI=1S/C21H23NO3/c1-12-13(2)21(5)16-15(20(12,4)19(21,3)11-23)17(24)22(18(16)25)14-9-7-6-8-10-14/h6-11,15-16H,1-5H3/t15-,16+,19?,20+,21-. The van der Waals surface area contributed by atoms with Crippen molar-refractivity contribution in [3.63, 3.8) is 0 Å². The molecule has 2 fully saturated rings. The number of aldehydes is 1. The van der Waals surface area contributed by atoms with Crippen LogP contribution in [0.4, 0.5) is 5.69 Å². The van der Waals surface area contributed by atoms with Crippen LogP contribution in [0.3, 0.4) is 0 Å². The number of allylic oxidation sites excluding steroid dienone is 2.